The van der Waals surface area contributed by atoms with E-state index >= 15 is 0 Å². The highest BCUT2D eigenvalue weighted by Crippen LogP contribution is 2.37. The Balaban J connectivity index is 2.12. The number of hydrogen-bond acceptors (Lipinski definition) is 3. The molecule has 0 saturated heterocycles. The predicted molar refractivity (Wildman–Crippen MR) is 59.9 cm³/mol. The summed E-state index contributed by atoms with van der Waals surface area (Å²) in [6.07, 6.45) is 6.60. The van der Waals surface area contributed by atoms with Crippen LogP contribution in [0.2, 0.25) is 0 Å². The molecule has 1 aliphatic carbocycles. The Bertz CT molecular complexity index is 559. The molecule has 3 nitrogen and oxygen atoms in total. The number of hydrogen-bond donors (Lipinski definition) is 0. The van der Waals surface area contributed by atoms with Gasteiger partial charge in [-0.2, -0.15) is 5.26 Å². The molecule has 0 unspecified atom stereocenters. The number of aromatic nitrogens is 1. The van der Waals surface area contributed by atoms with Crippen LogP contribution in [0.15, 0.2) is 22.7 Å². The van der Waals surface area contributed by atoms with Crippen LogP contribution in [-0.4, -0.2) is 4.98 Å². The lowest BCUT2D eigenvalue weighted by Crippen LogP contribution is -1.87. The summed E-state index contributed by atoms with van der Waals surface area (Å²) in [6.45, 7) is 0. The first kappa shape index (κ1) is 9.41. The van der Waals surface area contributed by atoms with E-state index < -0.39 is 0 Å². The normalized spacial score (nSPS) is 16.7. The number of nitriles is 1. The van der Waals surface area contributed by atoms with Gasteiger partial charge in [-0.1, -0.05) is 12.8 Å². The van der Waals surface area contributed by atoms with E-state index in [-0.39, 0.29) is 0 Å². The van der Waals surface area contributed by atoms with Crippen LogP contribution in [0.25, 0.3) is 11.0 Å². The van der Waals surface area contributed by atoms with Crippen LogP contribution in [0.4, 0.5) is 0 Å². The molecule has 1 fully saturated rings. The Morgan fingerprint density at radius 1 is 1.38 bits per heavy atom. The molecule has 3 rings (SSSR count). The molecule has 0 amide bonds. The van der Waals surface area contributed by atoms with Crippen LogP contribution in [0.1, 0.15) is 43.1 Å². The van der Waals surface area contributed by atoms with Gasteiger partial charge in [0.2, 0.25) is 0 Å². The van der Waals surface area contributed by atoms with Gasteiger partial charge in [0.1, 0.15) is 17.4 Å². The van der Waals surface area contributed by atoms with Crippen molar-refractivity contribution in [2.24, 2.45) is 0 Å². The number of rotatable bonds is 1. The Morgan fingerprint density at radius 3 is 2.94 bits per heavy atom. The Labute approximate surface area is 93.7 Å². The number of nitrogens with zero attached hydrogens (tertiary/aromatic N) is 2. The van der Waals surface area contributed by atoms with Gasteiger partial charge in [0.25, 0.3) is 0 Å². The van der Waals surface area contributed by atoms with Crippen molar-refractivity contribution >= 4 is 11.0 Å². The minimum atomic E-state index is 0.463. The predicted octanol–water partition coefficient (Wildman–Crippen LogP) is 3.36. The van der Waals surface area contributed by atoms with Crippen LogP contribution >= 0.6 is 0 Å². The Kier molecular flexibility index (Phi) is 2.14. The molecular formula is C13H12N2O. The molecule has 2 aromatic heterocycles. The van der Waals surface area contributed by atoms with Crippen LogP contribution < -0.4 is 0 Å². The largest absolute Gasteiger partial charge is 0.461 e. The van der Waals surface area contributed by atoms with Crippen molar-refractivity contribution in [1.82, 2.24) is 4.98 Å². The maximum atomic E-state index is 8.96. The van der Waals surface area contributed by atoms with Crippen molar-refractivity contribution in [2.45, 2.75) is 31.6 Å². The second-order valence-corrected chi connectivity index (χ2v) is 4.31. The van der Waals surface area contributed by atoms with Crippen molar-refractivity contribution in [3.05, 3.63) is 29.8 Å². The smallest absolute Gasteiger partial charge is 0.151 e. The van der Waals surface area contributed by atoms with Crippen LogP contribution in [-0.2, 0) is 0 Å². The highest BCUT2D eigenvalue weighted by Gasteiger charge is 2.21. The van der Waals surface area contributed by atoms with E-state index in [1.54, 1.807) is 6.20 Å². The third kappa shape index (κ3) is 1.38. The molecule has 16 heavy (non-hydrogen) atoms. The SMILES string of the molecule is N#Cc1nccc2oc(C3CCCC3)cc12. The molecule has 0 spiro atoms. The van der Waals surface area contributed by atoms with Crippen molar-refractivity contribution in [3.63, 3.8) is 0 Å². The highest BCUT2D eigenvalue weighted by molar-refractivity contribution is 5.82. The zero-order valence-electron chi connectivity index (χ0n) is 8.94. The summed E-state index contributed by atoms with van der Waals surface area (Å²) >= 11 is 0. The molecule has 0 N–H and O–H groups in total. The minimum Gasteiger partial charge on any atom is -0.461 e. The summed E-state index contributed by atoms with van der Waals surface area (Å²) in [5, 5.41) is 9.81. The quantitative estimate of drug-likeness (QED) is 0.728. The van der Waals surface area contributed by atoms with Gasteiger partial charge in [-0.05, 0) is 25.0 Å². The minimum absolute atomic E-state index is 0.463. The van der Waals surface area contributed by atoms with Crippen LogP contribution in [0.5, 0.6) is 0 Å². The molecule has 0 radical (unpaired) electrons. The van der Waals surface area contributed by atoms with Gasteiger partial charge in [-0.3, -0.25) is 0 Å². The molecule has 0 bridgehead atoms. The third-order valence-electron chi connectivity index (χ3n) is 3.33. The van der Waals surface area contributed by atoms with Gasteiger partial charge in [-0.25, -0.2) is 4.98 Å². The molecule has 2 heterocycles. The second-order valence-electron chi connectivity index (χ2n) is 4.31. The number of pyridine rings is 1. The molecule has 80 valence electrons. The Hall–Kier alpha value is -1.82. The monoisotopic (exact) mass is 212 g/mol. The average molecular weight is 212 g/mol. The molecule has 0 aromatic carbocycles. The zero-order valence-corrected chi connectivity index (χ0v) is 8.94. The van der Waals surface area contributed by atoms with Gasteiger partial charge in [0.15, 0.2) is 5.69 Å². The summed E-state index contributed by atoms with van der Waals surface area (Å²) in [5.74, 6) is 1.57. The molecular weight excluding hydrogens is 200 g/mol. The summed E-state index contributed by atoms with van der Waals surface area (Å²) in [6, 6.07) is 5.93. The Morgan fingerprint density at radius 2 is 2.19 bits per heavy atom. The number of furan rings is 1. The summed E-state index contributed by atoms with van der Waals surface area (Å²) in [5.41, 5.74) is 1.25. The average Bonchev–Trinajstić information content (AvgIpc) is 2.96. The van der Waals surface area contributed by atoms with Crippen molar-refractivity contribution < 1.29 is 4.42 Å². The lowest BCUT2D eigenvalue weighted by Gasteiger charge is -2.02. The standard InChI is InChI=1S/C13H12N2O/c14-8-11-10-7-13(9-3-1-2-4-9)16-12(10)5-6-15-11/h5-7,9H,1-4H2. The summed E-state index contributed by atoms with van der Waals surface area (Å²) in [7, 11) is 0. The topological polar surface area (TPSA) is 49.8 Å². The molecule has 3 heteroatoms. The summed E-state index contributed by atoms with van der Waals surface area (Å²) in [4.78, 5) is 4.04. The molecule has 0 aliphatic heterocycles. The van der Waals surface area contributed by atoms with E-state index in [2.05, 4.69) is 11.1 Å². The van der Waals surface area contributed by atoms with Crippen molar-refractivity contribution in [3.8, 4) is 6.07 Å². The van der Waals surface area contributed by atoms with E-state index in [9.17, 15) is 0 Å². The first-order valence-corrected chi connectivity index (χ1v) is 5.67. The second kappa shape index (κ2) is 3.64. The molecule has 2 aromatic rings. The van der Waals surface area contributed by atoms with E-state index in [1.165, 1.54) is 25.7 Å². The molecule has 0 atom stereocenters. The van der Waals surface area contributed by atoms with E-state index in [0.29, 0.717) is 11.6 Å². The van der Waals surface area contributed by atoms with E-state index in [4.69, 9.17) is 9.68 Å². The fraction of sp³-hybridized carbons (Fsp3) is 0.385. The van der Waals surface area contributed by atoms with Gasteiger partial charge < -0.3 is 4.42 Å². The third-order valence-corrected chi connectivity index (χ3v) is 3.33. The first-order chi connectivity index (χ1) is 7.88. The van der Waals surface area contributed by atoms with Gasteiger partial charge >= 0.3 is 0 Å². The van der Waals surface area contributed by atoms with Gasteiger partial charge in [0.05, 0.1) is 5.39 Å². The maximum Gasteiger partial charge on any atom is 0.151 e. The highest BCUT2D eigenvalue weighted by atomic mass is 16.3. The summed E-state index contributed by atoms with van der Waals surface area (Å²) < 4.78 is 5.80. The molecule has 1 saturated carbocycles. The lowest BCUT2D eigenvalue weighted by atomic mass is 10.1. The van der Waals surface area contributed by atoms with Gasteiger partial charge in [-0.15, -0.1) is 0 Å². The first-order valence-electron chi connectivity index (χ1n) is 5.67. The maximum absolute atomic E-state index is 8.96. The van der Waals surface area contributed by atoms with E-state index in [0.717, 1.165) is 16.7 Å². The molecule has 1 aliphatic rings. The zero-order chi connectivity index (χ0) is 11.0. The fourth-order valence-corrected chi connectivity index (χ4v) is 2.48. The van der Waals surface area contributed by atoms with Crippen LogP contribution in [0.3, 0.4) is 0 Å². The van der Waals surface area contributed by atoms with Crippen molar-refractivity contribution in [1.29, 1.82) is 5.26 Å². The van der Waals surface area contributed by atoms with Crippen molar-refractivity contribution in [2.75, 3.05) is 0 Å². The van der Waals surface area contributed by atoms with Crippen LogP contribution in [0, 0.1) is 11.3 Å². The number of fused-ring (bicyclic) bond motifs is 1. The van der Waals surface area contributed by atoms with E-state index in [1.807, 2.05) is 12.1 Å². The lowest BCUT2D eigenvalue weighted by molar-refractivity contribution is 0.494. The fourth-order valence-electron chi connectivity index (χ4n) is 2.48. The van der Waals surface area contributed by atoms with Gasteiger partial charge in [0, 0.05) is 12.1 Å².